The number of hydrogen-bond acceptors (Lipinski definition) is 7. The lowest BCUT2D eigenvalue weighted by Crippen LogP contribution is -2.34. The van der Waals surface area contributed by atoms with Crippen molar-refractivity contribution in [1.82, 2.24) is 9.88 Å². The van der Waals surface area contributed by atoms with Gasteiger partial charge in [0.2, 0.25) is 5.95 Å². The number of piperidine rings is 1. The average molecular weight is 611 g/mol. The van der Waals surface area contributed by atoms with E-state index < -0.39 is 55.6 Å². The SMILES string of the molecule is CN1CCC(C2CCN(c3cc(F)c(S(=O)(=O)N(Cc4ccc(O)cc4O)c4cccc(F)n4)c(F)c3Cl)C2)CC1. The number of anilines is 2. The Hall–Kier alpha value is -3.22. The fourth-order valence-corrected chi connectivity index (χ4v) is 7.54. The summed E-state index contributed by atoms with van der Waals surface area (Å²) in [5.74, 6) is -4.28. The Labute approximate surface area is 241 Å². The van der Waals surface area contributed by atoms with E-state index in [0.717, 1.165) is 56.6 Å². The van der Waals surface area contributed by atoms with E-state index in [-0.39, 0.29) is 17.0 Å². The summed E-state index contributed by atoms with van der Waals surface area (Å²) in [7, 11) is -3.00. The highest BCUT2D eigenvalue weighted by Gasteiger charge is 2.38. The van der Waals surface area contributed by atoms with E-state index in [4.69, 9.17) is 11.6 Å². The molecule has 13 heteroatoms. The first-order valence-electron chi connectivity index (χ1n) is 13.2. The van der Waals surface area contributed by atoms with E-state index in [1.54, 1.807) is 4.90 Å². The Kier molecular flexibility index (Phi) is 8.27. The number of benzene rings is 2. The zero-order valence-electron chi connectivity index (χ0n) is 22.3. The molecule has 2 aliphatic rings. The second-order valence-electron chi connectivity index (χ2n) is 10.6. The maximum atomic E-state index is 15.8. The lowest BCUT2D eigenvalue weighted by molar-refractivity contribution is 0.178. The van der Waals surface area contributed by atoms with E-state index in [1.807, 2.05) is 0 Å². The van der Waals surface area contributed by atoms with Crippen LogP contribution in [0.2, 0.25) is 5.02 Å². The van der Waals surface area contributed by atoms with Gasteiger partial charge in [-0.05, 0) is 75.5 Å². The third-order valence-electron chi connectivity index (χ3n) is 7.98. The molecular formula is C28H30ClF3N4O4S. The molecule has 0 aliphatic carbocycles. The van der Waals surface area contributed by atoms with Crippen LogP contribution in [0.25, 0.3) is 0 Å². The molecule has 2 aromatic carbocycles. The number of hydrogen-bond donors (Lipinski definition) is 2. The summed E-state index contributed by atoms with van der Waals surface area (Å²) in [5, 5.41) is 19.3. The van der Waals surface area contributed by atoms with Crippen molar-refractivity contribution in [2.24, 2.45) is 11.8 Å². The number of pyridine rings is 1. The third kappa shape index (κ3) is 5.91. The first-order chi connectivity index (χ1) is 19.5. The maximum absolute atomic E-state index is 15.8. The number of aromatic nitrogens is 1. The van der Waals surface area contributed by atoms with Gasteiger partial charge in [-0.3, -0.25) is 0 Å². The summed E-state index contributed by atoms with van der Waals surface area (Å²) in [6, 6.07) is 7.63. The zero-order valence-corrected chi connectivity index (χ0v) is 23.8. The number of phenols is 2. The molecule has 5 rings (SSSR count). The molecule has 2 N–H and O–H groups in total. The van der Waals surface area contributed by atoms with Crippen molar-refractivity contribution in [3.05, 3.63) is 70.6 Å². The minimum Gasteiger partial charge on any atom is -0.508 e. The Balaban J connectivity index is 1.49. The number of halogens is 4. The van der Waals surface area contributed by atoms with Gasteiger partial charge in [0, 0.05) is 30.8 Å². The van der Waals surface area contributed by atoms with Crippen molar-refractivity contribution >= 4 is 33.1 Å². The van der Waals surface area contributed by atoms with Gasteiger partial charge in [0.25, 0.3) is 10.0 Å². The highest BCUT2D eigenvalue weighted by Crippen LogP contribution is 2.41. The van der Waals surface area contributed by atoms with Gasteiger partial charge in [-0.1, -0.05) is 17.7 Å². The average Bonchev–Trinajstić information content (AvgIpc) is 3.40. The summed E-state index contributed by atoms with van der Waals surface area (Å²) in [4.78, 5) is 6.33. The van der Waals surface area contributed by atoms with Gasteiger partial charge in [-0.2, -0.15) is 4.39 Å². The summed E-state index contributed by atoms with van der Waals surface area (Å²) >= 11 is 6.37. The normalized spacial score (nSPS) is 18.7. The molecule has 2 fully saturated rings. The molecule has 0 amide bonds. The van der Waals surface area contributed by atoms with Crippen LogP contribution in [0.4, 0.5) is 24.7 Å². The highest BCUT2D eigenvalue weighted by atomic mass is 35.5. The zero-order chi connectivity index (χ0) is 29.5. The lowest BCUT2D eigenvalue weighted by Gasteiger charge is -2.32. The molecule has 0 saturated carbocycles. The molecule has 0 radical (unpaired) electrons. The highest BCUT2D eigenvalue weighted by molar-refractivity contribution is 7.92. The summed E-state index contributed by atoms with van der Waals surface area (Å²) in [5.41, 5.74) is 0.0423. The van der Waals surface area contributed by atoms with Crippen LogP contribution in [0.5, 0.6) is 11.5 Å². The second kappa shape index (κ2) is 11.6. The van der Waals surface area contributed by atoms with Crippen LogP contribution in [0.15, 0.2) is 47.4 Å². The molecular weight excluding hydrogens is 581 g/mol. The molecule has 3 aromatic rings. The van der Waals surface area contributed by atoms with Crippen molar-refractivity contribution in [1.29, 1.82) is 0 Å². The molecule has 3 heterocycles. The van der Waals surface area contributed by atoms with Gasteiger partial charge in [0.15, 0.2) is 10.7 Å². The van der Waals surface area contributed by atoms with Gasteiger partial charge in [-0.15, -0.1) is 0 Å². The molecule has 2 aliphatic heterocycles. The van der Waals surface area contributed by atoms with Crippen LogP contribution < -0.4 is 9.21 Å². The fraction of sp³-hybridized carbons (Fsp3) is 0.393. The van der Waals surface area contributed by atoms with E-state index >= 15 is 8.78 Å². The number of phenolic OH excluding ortho intramolecular Hbond substituents is 2. The minimum atomic E-state index is -5.08. The second-order valence-corrected chi connectivity index (χ2v) is 12.8. The number of nitrogens with zero attached hydrogens (tertiary/aromatic N) is 4. The summed E-state index contributed by atoms with van der Waals surface area (Å²) in [6.45, 7) is 2.40. The molecule has 1 aromatic heterocycles. The van der Waals surface area contributed by atoms with Crippen LogP contribution in [-0.2, 0) is 16.6 Å². The van der Waals surface area contributed by atoms with Crippen molar-refractivity contribution in [2.45, 2.75) is 30.7 Å². The van der Waals surface area contributed by atoms with Crippen molar-refractivity contribution in [2.75, 3.05) is 42.4 Å². The number of rotatable bonds is 7. The van der Waals surface area contributed by atoms with Gasteiger partial charge < -0.3 is 20.0 Å². The van der Waals surface area contributed by atoms with Crippen LogP contribution in [0.1, 0.15) is 24.8 Å². The van der Waals surface area contributed by atoms with Gasteiger partial charge in [0.05, 0.1) is 12.2 Å². The third-order valence-corrected chi connectivity index (χ3v) is 10.1. The predicted molar refractivity (Wildman–Crippen MR) is 149 cm³/mol. The van der Waals surface area contributed by atoms with Crippen LogP contribution >= 0.6 is 11.6 Å². The van der Waals surface area contributed by atoms with Crippen molar-refractivity contribution < 1.29 is 31.8 Å². The Morgan fingerprint density at radius 3 is 2.41 bits per heavy atom. The standard InChI is InChI=1S/C28H30ClF3N4O4S/c1-34-10-7-17(8-11-34)18-9-12-35(15-18)22-14-21(30)28(27(32)26(22)29)41(39,40)36(25-4-2-3-24(31)33-25)16-19-5-6-20(37)13-23(19)38/h2-6,13-14,17-18,37-38H,7-12,15-16H2,1H3. The lowest BCUT2D eigenvalue weighted by atomic mass is 9.84. The minimum absolute atomic E-state index is 0.0296. The maximum Gasteiger partial charge on any atom is 0.271 e. The summed E-state index contributed by atoms with van der Waals surface area (Å²) < 4.78 is 73.6. The Morgan fingerprint density at radius 1 is 1.02 bits per heavy atom. The van der Waals surface area contributed by atoms with Gasteiger partial charge in [-0.25, -0.2) is 26.5 Å². The van der Waals surface area contributed by atoms with E-state index in [2.05, 4.69) is 16.9 Å². The van der Waals surface area contributed by atoms with E-state index in [9.17, 15) is 23.0 Å². The van der Waals surface area contributed by atoms with Crippen LogP contribution in [0.3, 0.4) is 0 Å². The molecule has 2 saturated heterocycles. The first kappa shape index (κ1) is 29.3. The number of likely N-dealkylation sites (tertiary alicyclic amines) is 1. The van der Waals surface area contributed by atoms with E-state index in [1.165, 1.54) is 18.2 Å². The molecule has 1 unspecified atom stereocenters. The molecule has 220 valence electrons. The molecule has 41 heavy (non-hydrogen) atoms. The topological polar surface area (TPSA) is 97.2 Å². The van der Waals surface area contributed by atoms with E-state index in [0.29, 0.717) is 29.2 Å². The van der Waals surface area contributed by atoms with Gasteiger partial charge in [0.1, 0.15) is 28.2 Å². The Morgan fingerprint density at radius 2 is 1.73 bits per heavy atom. The van der Waals surface area contributed by atoms with Crippen molar-refractivity contribution in [3.8, 4) is 11.5 Å². The largest absolute Gasteiger partial charge is 0.508 e. The van der Waals surface area contributed by atoms with Crippen molar-refractivity contribution in [3.63, 3.8) is 0 Å². The van der Waals surface area contributed by atoms with Gasteiger partial charge >= 0.3 is 0 Å². The fourth-order valence-electron chi connectivity index (χ4n) is 5.70. The summed E-state index contributed by atoms with van der Waals surface area (Å²) in [6.07, 6.45) is 2.93. The molecule has 1 atom stereocenters. The predicted octanol–water partition coefficient (Wildman–Crippen LogP) is 5.13. The number of sulfonamides is 1. The molecule has 8 nitrogen and oxygen atoms in total. The smallest absolute Gasteiger partial charge is 0.271 e. The number of aromatic hydroxyl groups is 2. The monoisotopic (exact) mass is 610 g/mol. The van der Waals surface area contributed by atoms with Crippen LogP contribution in [-0.4, -0.2) is 61.7 Å². The first-order valence-corrected chi connectivity index (χ1v) is 15.0. The van der Waals surface area contributed by atoms with Crippen LogP contribution in [0, 0.1) is 29.4 Å². The molecule has 0 spiro atoms. The quantitative estimate of drug-likeness (QED) is 0.283. The molecule has 0 bridgehead atoms. The Bertz CT molecular complexity index is 1550.